The molecule has 0 aliphatic carbocycles. The Balaban J connectivity index is 1.56. The molecule has 1 aromatic heterocycles. The summed E-state index contributed by atoms with van der Waals surface area (Å²) in [6.07, 6.45) is 2.20. The summed E-state index contributed by atoms with van der Waals surface area (Å²) in [5.74, 6) is 0.182. The van der Waals surface area contributed by atoms with Gasteiger partial charge in [-0.2, -0.15) is 0 Å². The predicted molar refractivity (Wildman–Crippen MR) is 112 cm³/mol. The van der Waals surface area contributed by atoms with Gasteiger partial charge in [-0.1, -0.05) is 17.7 Å². The zero-order valence-electron chi connectivity index (χ0n) is 15.4. The van der Waals surface area contributed by atoms with Gasteiger partial charge >= 0.3 is 6.03 Å². The first kappa shape index (κ1) is 18.9. The number of nitrogens with zero attached hydrogens (tertiary/aromatic N) is 2. The highest BCUT2D eigenvalue weighted by atomic mass is 35.5. The maximum Gasteiger partial charge on any atom is 0.320 e. The molecule has 1 saturated heterocycles. The molecular formula is C20H19ClN6O2. The molecule has 29 heavy (non-hydrogen) atoms. The Bertz CT molecular complexity index is 1090. The topological polar surface area (TPSA) is 122 Å². The van der Waals surface area contributed by atoms with Gasteiger partial charge < -0.3 is 21.7 Å². The van der Waals surface area contributed by atoms with Gasteiger partial charge in [0.05, 0.1) is 5.52 Å². The average molecular weight is 411 g/mol. The van der Waals surface area contributed by atoms with Crippen molar-refractivity contribution in [3.63, 3.8) is 0 Å². The summed E-state index contributed by atoms with van der Waals surface area (Å²) in [7, 11) is 0. The van der Waals surface area contributed by atoms with Crippen LogP contribution in [0.1, 0.15) is 12.0 Å². The summed E-state index contributed by atoms with van der Waals surface area (Å²) in [5, 5.41) is 9.73. The second-order valence-corrected chi connectivity index (χ2v) is 7.40. The minimum Gasteiger partial charge on any atom is -0.383 e. The van der Waals surface area contributed by atoms with Gasteiger partial charge in [-0.3, -0.25) is 4.79 Å². The monoisotopic (exact) mass is 410 g/mol. The van der Waals surface area contributed by atoms with Gasteiger partial charge in [0.2, 0.25) is 5.91 Å². The summed E-state index contributed by atoms with van der Waals surface area (Å²) >= 11 is 5.87. The molecule has 9 heteroatoms. The number of nitrogens with one attached hydrogen (secondary N) is 3. The van der Waals surface area contributed by atoms with E-state index in [-0.39, 0.29) is 5.91 Å². The van der Waals surface area contributed by atoms with E-state index in [9.17, 15) is 9.59 Å². The Morgan fingerprint density at radius 3 is 2.72 bits per heavy atom. The number of anilines is 2. The molecule has 2 aromatic carbocycles. The van der Waals surface area contributed by atoms with Crippen molar-refractivity contribution in [3.8, 4) is 0 Å². The zero-order valence-corrected chi connectivity index (χ0v) is 16.2. The smallest absolute Gasteiger partial charge is 0.320 e. The second kappa shape index (κ2) is 7.56. The average Bonchev–Trinajstić information content (AvgIpc) is 3.03. The minimum absolute atomic E-state index is 0.217. The van der Waals surface area contributed by atoms with Gasteiger partial charge in [0.1, 0.15) is 17.7 Å². The highest BCUT2D eigenvalue weighted by molar-refractivity contribution is 6.30. The normalized spacial score (nSPS) is 18.4. The van der Waals surface area contributed by atoms with Crippen molar-refractivity contribution in [2.45, 2.75) is 18.4 Å². The van der Waals surface area contributed by atoms with E-state index < -0.39 is 11.6 Å². The fraction of sp³-hybridized carbons (Fsp3) is 0.200. The van der Waals surface area contributed by atoms with Crippen LogP contribution in [0.15, 0.2) is 48.8 Å². The van der Waals surface area contributed by atoms with Crippen LogP contribution < -0.4 is 21.7 Å². The molecule has 0 saturated carbocycles. The van der Waals surface area contributed by atoms with E-state index in [1.807, 2.05) is 18.2 Å². The lowest BCUT2D eigenvalue weighted by Gasteiger charge is -2.28. The van der Waals surface area contributed by atoms with Crippen molar-refractivity contribution >= 4 is 45.9 Å². The Kier molecular flexibility index (Phi) is 4.94. The van der Waals surface area contributed by atoms with E-state index in [1.54, 1.807) is 24.3 Å². The molecule has 4 rings (SSSR count). The largest absolute Gasteiger partial charge is 0.383 e. The summed E-state index contributed by atoms with van der Waals surface area (Å²) < 4.78 is 0. The lowest BCUT2D eigenvalue weighted by atomic mass is 9.89. The van der Waals surface area contributed by atoms with E-state index in [0.29, 0.717) is 41.4 Å². The van der Waals surface area contributed by atoms with Gasteiger partial charge in [-0.25, -0.2) is 14.8 Å². The van der Waals surface area contributed by atoms with Crippen molar-refractivity contribution in [1.29, 1.82) is 0 Å². The highest BCUT2D eigenvalue weighted by Gasteiger charge is 2.43. The molecule has 0 radical (unpaired) electrons. The number of benzene rings is 2. The lowest BCUT2D eigenvalue weighted by molar-refractivity contribution is -0.124. The first-order valence-corrected chi connectivity index (χ1v) is 9.45. The number of nitrogen functional groups attached to an aromatic ring is 1. The molecule has 2 heterocycles. The molecule has 5 N–H and O–H groups in total. The number of amides is 3. The lowest BCUT2D eigenvalue weighted by Crippen LogP contribution is -2.56. The molecule has 1 fully saturated rings. The minimum atomic E-state index is -1.05. The van der Waals surface area contributed by atoms with Gasteiger partial charge in [0.15, 0.2) is 0 Å². The third kappa shape index (κ3) is 3.93. The van der Waals surface area contributed by atoms with Crippen LogP contribution in [-0.4, -0.2) is 34.0 Å². The molecule has 1 aliphatic rings. The van der Waals surface area contributed by atoms with Gasteiger partial charge in [0.25, 0.3) is 0 Å². The van der Waals surface area contributed by atoms with Crippen molar-refractivity contribution < 1.29 is 9.59 Å². The number of urea groups is 1. The van der Waals surface area contributed by atoms with Gasteiger partial charge in [-0.05, 0) is 48.4 Å². The Morgan fingerprint density at radius 1 is 1.21 bits per heavy atom. The van der Waals surface area contributed by atoms with E-state index in [2.05, 4.69) is 25.9 Å². The molecule has 148 valence electrons. The Morgan fingerprint density at radius 2 is 2.00 bits per heavy atom. The maximum atomic E-state index is 12.6. The molecular weight excluding hydrogens is 392 g/mol. The van der Waals surface area contributed by atoms with Crippen LogP contribution in [0.2, 0.25) is 5.02 Å². The zero-order chi connectivity index (χ0) is 20.4. The first-order valence-electron chi connectivity index (χ1n) is 9.07. The van der Waals surface area contributed by atoms with E-state index in [4.69, 9.17) is 17.3 Å². The van der Waals surface area contributed by atoms with Gasteiger partial charge in [-0.15, -0.1) is 0 Å². The quantitative estimate of drug-likeness (QED) is 0.526. The van der Waals surface area contributed by atoms with Crippen molar-refractivity contribution in [2.75, 3.05) is 17.6 Å². The third-order valence-corrected chi connectivity index (χ3v) is 5.22. The van der Waals surface area contributed by atoms with Gasteiger partial charge in [0, 0.05) is 29.1 Å². The number of rotatable bonds is 4. The van der Waals surface area contributed by atoms with Crippen LogP contribution in [0.5, 0.6) is 0 Å². The predicted octanol–water partition coefficient (Wildman–Crippen LogP) is 2.49. The standard InChI is InChI=1S/C20H19ClN6O2/c21-13-2-4-14(5-3-13)26-19(29)27-20(7-8-23-18(20)28)10-12-1-6-15-16(9-12)24-11-25-17(15)22/h1-6,9,11H,7-8,10H2,(H,23,28)(H2,22,24,25)(H2,26,27,29)/t20-/m1/s1. The Hall–Kier alpha value is -3.39. The molecule has 0 unspecified atom stereocenters. The number of aromatic nitrogens is 2. The van der Waals surface area contributed by atoms with Crippen molar-refractivity contribution in [1.82, 2.24) is 20.6 Å². The van der Waals surface area contributed by atoms with Crippen LogP contribution >= 0.6 is 11.6 Å². The van der Waals surface area contributed by atoms with Crippen LogP contribution in [0.3, 0.4) is 0 Å². The summed E-state index contributed by atoms with van der Waals surface area (Å²) in [4.78, 5) is 33.4. The molecule has 0 bridgehead atoms. The maximum absolute atomic E-state index is 12.6. The third-order valence-electron chi connectivity index (χ3n) is 4.96. The number of halogens is 1. The molecule has 3 amide bonds. The first-order chi connectivity index (χ1) is 13.9. The van der Waals surface area contributed by atoms with Crippen LogP contribution in [0.25, 0.3) is 10.9 Å². The highest BCUT2D eigenvalue weighted by Crippen LogP contribution is 2.25. The van der Waals surface area contributed by atoms with Crippen molar-refractivity contribution in [3.05, 3.63) is 59.4 Å². The van der Waals surface area contributed by atoms with Crippen LogP contribution in [0, 0.1) is 0 Å². The molecule has 1 aliphatic heterocycles. The number of carbonyl (C=O) groups excluding carboxylic acids is 2. The second-order valence-electron chi connectivity index (χ2n) is 6.96. The molecule has 3 aromatic rings. The number of fused-ring (bicyclic) bond motifs is 1. The number of carbonyl (C=O) groups is 2. The summed E-state index contributed by atoms with van der Waals surface area (Å²) in [6, 6.07) is 11.8. The number of nitrogens with two attached hydrogens (primary N) is 1. The van der Waals surface area contributed by atoms with E-state index in [1.165, 1.54) is 6.33 Å². The SMILES string of the molecule is Nc1ncnc2cc(C[C@]3(NC(=O)Nc4ccc(Cl)cc4)CCNC3=O)ccc12. The van der Waals surface area contributed by atoms with Crippen molar-refractivity contribution in [2.24, 2.45) is 0 Å². The molecule has 1 atom stereocenters. The number of hydrogen-bond donors (Lipinski definition) is 4. The number of hydrogen-bond acceptors (Lipinski definition) is 5. The fourth-order valence-corrected chi connectivity index (χ4v) is 3.63. The molecule has 8 nitrogen and oxygen atoms in total. The fourth-order valence-electron chi connectivity index (χ4n) is 3.50. The summed E-state index contributed by atoms with van der Waals surface area (Å²) in [6.45, 7) is 0.489. The van der Waals surface area contributed by atoms with Crippen LogP contribution in [-0.2, 0) is 11.2 Å². The van der Waals surface area contributed by atoms with E-state index >= 15 is 0 Å². The summed E-state index contributed by atoms with van der Waals surface area (Å²) in [5.41, 5.74) is 6.96. The van der Waals surface area contributed by atoms with E-state index in [0.717, 1.165) is 10.9 Å². The Labute approximate surface area is 171 Å². The molecule has 0 spiro atoms. The van der Waals surface area contributed by atoms with Crippen LogP contribution in [0.4, 0.5) is 16.3 Å².